The van der Waals surface area contributed by atoms with Gasteiger partial charge in [0.1, 0.15) is 5.82 Å². The molecule has 0 fully saturated rings. The van der Waals surface area contributed by atoms with Crippen LogP contribution in [0.2, 0.25) is 0 Å². The van der Waals surface area contributed by atoms with E-state index in [0.29, 0.717) is 12.4 Å². The molecule has 0 aliphatic carbocycles. The number of rotatable bonds is 5. The van der Waals surface area contributed by atoms with Gasteiger partial charge < -0.3 is 15.7 Å². The molecule has 0 bridgehead atoms. The average Bonchev–Trinajstić information content (AvgIpc) is 2.42. The Hall–Kier alpha value is -2.37. The molecule has 0 aliphatic rings. The summed E-state index contributed by atoms with van der Waals surface area (Å²) in [6, 6.07) is 7.43. The van der Waals surface area contributed by atoms with Gasteiger partial charge in [-0.15, -0.1) is 0 Å². The molecule has 1 aromatic heterocycles. The first-order valence-corrected chi connectivity index (χ1v) is 6.51. The molecular formula is C14H18N4O2. The van der Waals surface area contributed by atoms with E-state index in [-0.39, 0.29) is 12.0 Å². The Morgan fingerprint density at radius 2 is 2.00 bits per heavy atom. The number of nitrogens with one attached hydrogen (secondary N) is 2. The van der Waals surface area contributed by atoms with Crippen molar-refractivity contribution in [3.05, 3.63) is 30.5 Å². The molecule has 3 N–H and O–H groups in total. The number of amides is 1. The van der Waals surface area contributed by atoms with Crippen LogP contribution in [-0.4, -0.2) is 33.8 Å². The molecule has 1 aromatic carbocycles. The van der Waals surface area contributed by atoms with Crippen LogP contribution in [0.15, 0.2) is 30.5 Å². The van der Waals surface area contributed by atoms with E-state index in [1.54, 1.807) is 6.20 Å². The summed E-state index contributed by atoms with van der Waals surface area (Å²) in [5, 5.41) is 14.4. The lowest BCUT2D eigenvalue weighted by Crippen LogP contribution is -2.42. The number of hydrogen-bond donors (Lipinski definition) is 3. The summed E-state index contributed by atoms with van der Waals surface area (Å²) in [6.07, 6.45) is 0.635. The molecule has 1 heterocycles. The Labute approximate surface area is 117 Å². The Morgan fingerprint density at radius 3 is 2.65 bits per heavy atom. The lowest BCUT2D eigenvalue weighted by molar-refractivity contribution is 0.187. The molecule has 0 saturated carbocycles. The van der Waals surface area contributed by atoms with E-state index >= 15 is 0 Å². The second kappa shape index (κ2) is 6.18. The molecule has 1 atom stereocenters. The molecule has 20 heavy (non-hydrogen) atoms. The number of nitrogens with zero attached hydrogens (tertiary/aromatic N) is 2. The normalized spacial score (nSPS) is 12.3. The topological polar surface area (TPSA) is 87.1 Å². The van der Waals surface area contributed by atoms with Crippen molar-refractivity contribution in [3.8, 4) is 0 Å². The highest BCUT2D eigenvalue weighted by molar-refractivity contribution is 5.75. The molecule has 1 unspecified atom stereocenters. The van der Waals surface area contributed by atoms with Gasteiger partial charge in [-0.05, 0) is 18.1 Å². The number of carboxylic acid groups (broad SMARTS) is 1. The number of hydrogen-bond acceptors (Lipinski definition) is 4. The van der Waals surface area contributed by atoms with Crippen molar-refractivity contribution in [2.45, 2.75) is 19.9 Å². The highest BCUT2D eigenvalue weighted by Crippen LogP contribution is 2.12. The van der Waals surface area contributed by atoms with Crippen LogP contribution in [0, 0.1) is 5.92 Å². The smallest absolute Gasteiger partial charge is 0.404 e. The zero-order chi connectivity index (χ0) is 14.5. The third-order valence-corrected chi connectivity index (χ3v) is 3.07. The largest absolute Gasteiger partial charge is 0.465 e. The van der Waals surface area contributed by atoms with E-state index in [0.717, 1.165) is 11.0 Å². The quantitative estimate of drug-likeness (QED) is 0.779. The average molecular weight is 274 g/mol. The standard InChI is InChI=1S/C14H18N4O2/c1-9(2)12(18-14(19)20)7-16-13-8-15-10-5-3-4-6-11(10)17-13/h3-6,8-9,12,18H,7H2,1-2H3,(H,16,17)(H,19,20). The minimum absolute atomic E-state index is 0.180. The summed E-state index contributed by atoms with van der Waals surface area (Å²) in [5.41, 5.74) is 1.65. The number of aromatic nitrogens is 2. The number of para-hydroxylation sites is 2. The predicted molar refractivity (Wildman–Crippen MR) is 77.8 cm³/mol. The van der Waals surface area contributed by atoms with Gasteiger partial charge in [-0.2, -0.15) is 0 Å². The first-order valence-electron chi connectivity index (χ1n) is 6.51. The van der Waals surface area contributed by atoms with Gasteiger partial charge in [0.05, 0.1) is 23.3 Å². The molecular weight excluding hydrogens is 256 g/mol. The van der Waals surface area contributed by atoms with E-state index in [2.05, 4.69) is 20.6 Å². The summed E-state index contributed by atoms with van der Waals surface area (Å²) < 4.78 is 0. The van der Waals surface area contributed by atoms with Crippen LogP contribution in [0.3, 0.4) is 0 Å². The zero-order valence-electron chi connectivity index (χ0n) is 11.5. The van der Waals surface area contributed by atoms with Gasteiger partial charge in [0.15, 0.2) is 0 Å². The van der Waals surface area contributed by atoms with Crippen LogP contribution in [0.1, 0.15) is 13.8 Å². The van der Waals surface area contributed by atoms with Crippen LogP contribution in [-0.2, 0) is 0 Å². The number of fused-ring (bicyclic) bond motifs is 1. The van der Waals surface area contributed by atoms with Crippen LogP contribution < -0.4 is 10.6 Å². The molecule has 0 spiro atoms. The monoisotopic (exact) mass is 274 g/mol. The first-order chi connectivity index (χ1) is 9.56. The Balaban J connectivity index is 2.05. The minimum atomic E-state index is -1.02. The highest BCUT2D eigenvalue weighted by atomic mass is 16.4. The summed E-state index contributed by atoms with van der Waals surface area (Å²) in [7, 11) is 0. The molecule has 6 nitrogen and oxygen atoms in total. The fourth-order valence-corrected chi connectivity index (χ4v) is 1.87. The van der Waals surface area contributed by atoms with Crippen molar-refractivity contribution in [3.63, 3.8) is 0 Å². The second-order valence-electron chi connectivity index (χ2n) is 4.92. The van der Waals surface area contributed by atoms with Crippen molar-refractivity contribution >= 4 is 22.9 Å². The fourth-order valence-electron chi connectivity index (χ4n) is 1.87. The Bertz CT molecular complexity index is 600. The maximum absolute atomic E-state index is 10.7. The maximum atomic E-state index is 10.7. The second-order valence-corrected chi connectivity index (χ2v) is 4.92. The Morgan fingerprint density at radius 1 is 1.30 bits per heavy atom. The van der Waals surface area contributed by atoms with Crippen LogP contribution in [0.25, 0.3) is 11.0 Å². The summed E-state index contributed by atoms with van der Waals surface area (Å²) in [5.74, 6) is 0.827. The molecule has 2 rings (SSSR count). The molecule has 0 saturated heterocycles. The van der Waals surface area contributed by atoms with Gasteiger partial charge in [-0.25, -0.2) is 9.78 Å². The molecule has 0 radical (unpaired) electrons. The van der Waals surface area contributed by atoms with Crippen LogP contribution in [0.4, 0.5) is 10.6 Å². The van der Waals surface area contributed by atoms with E-state index < -0.39 is 6.09 Å². The van der Waals surface area contributed by atoms with E-state index in [1.165, 1.54) is 0 Å². The zero-order valence-corrected chi connectivity index (χ0v) is 11.5. The lowest BCUT2D eigenvalue weighted by atomic mass is 10.0. The van der Waals surface area contributed by atoms with Crippen molar-refractivity contribution in [2.75, 3.05) is 11.9 Å². The molecule has 0 aliphatic heterocycles. The van der Waals surface area contributed by atoms with Crippen LogP contribution >= 0.6 is 0 Å². The van der Waals surface area contributed by atoms with Crippen molar-refractivity contribution in [1.82, 2.24) is 15.3 Å². The van der Waals surface area contributed by atoms with Crippen molar-refractivity contribution in [2.24, 2.45) is 5.92 Å². The summed E-state index contributed by atoms with van der Waals surface area (Å²) in [4.78, 5) is 19.5. The maximum Gasteiger partial charge on any atom is 0.404 e. The van der Waals surface area contributed by atoms with E-state index in [4.69, 9.17) is 5.11 Å². The van der Waals surface area contributed by atoms with Crippen molar-refractivity contribution in [1.29, 1.82) is 0 Å². The first kappa shape index (κ1) is 14.0. The van der Waals surface area contributed by atoms with Gasteiger partial charge in [0.2, 0.25) is 0 Å². The van der Waals surface area contributed by atoms with E-state index in [1.807, 2.05) is 38.1 Å². The lowest BCUT2D eigenvalue weighted by Gasteiger charge is -2.21. The number of benzene rings is 1. The number of carbonyl (C=O) groups is 1. The van der Waals surface area contributed by atoms with Gasteiger partial charge >= 0.3 is 6.09 Å². The minimum Gasteiger partial charge on any atom is -0.465 e. The molecule has 2 aromatic rings. The summed E-state index contributed by atoms with van der Waals surface area (Å²) >= 11 is 0. The third-order valence-electron chi connectivity index (χ3n) is 3.07. The third kappa shape index (κ3) is 3.57. The fraction of sp³-hybridized carbons (Fsp3) is 0.357. The summed E-state index contributed by atoms with van der Waals surface area (Å²) in [6.45, 7) is 4.40. The Kier molecular flexibility index (Phi) is 4.34. The van der Waals surface area contributed by atoms with Gasteiger partial charge in [-0.1, -0.05) is 26.0 Å². The van der Waals surface area contributed by atoms with E-state index in [9.17, 15) is 4.79 Å². The van der Waals surface area contributed by atoms with Crippen molar-refractivity contribution < 1.29 is 9.90 Å². The molecule has 106 valence electrons. The molecule has 6 heteroatoms. The van der Waals surface area contributed by atoms with Crippen LogP contribution in [0.5, 0.6) is 0 Å². The highest BCUT2D eigenvalue weighted by Gasteiger charge is 2.15. The molecule has 1 amide bonds. The SMILES string of the molecule is CC(C)C(CNc1cnc2ccccc2n1)NC(=O)O. The van der Waals surface area contributed by atoms with Gasteiger partial charge in [-0.3, -0.25) is 4.98 Å². The van der Waals surface area contributed by atoms with Gasteiger partial charge in [0.25, 0.3) is 0 Å². The predicted octanol–water partition coefficient (Wildman–Crippen LogP) is 2.33. The van der Waals surface area contributed by atoms with Gasteiger partial charge in [0, 0.05) is 6.54 Å². The number of anilines is 1.